The standard InChI is InChI=1S/C30H37N7O3S/c1-20-8-11-31-26(14-20)28(38)30-16-21-18-33-36(23-9-12-40-13-10-23)27(21)15-22(30)4-5-25(17-30)37(24-6-7-24)41(3,39)29-32-19-35(2)34-29/h8,11,14-15,18-19,23-25H,3-7,9-10,12-13,16-17H2,1-2H3/t25-,30-,41?/m0/s1. The van der Waals surface area contributed by atoms with Crippen LogP contribution in [0, 0.1) is 12.3 Å². The molecule has 4 heterocycles. The SMILES string of the molecule is C=S(=O)(c1ncn(C)n1)N(C1CC1)[C@H]1CCC2=Cc3c(cnn3C3CCOCC3)C[C@]2(C(=O)c2cc(C)ccn2)C1. The van der Waals surface area contributed by atoms with Crippen molar-refractivity contribution < 1.29 is 13.7 Å². The van der Waals surface area contributed by atoms with E-state index >= 15 is 0 Å². The summed E-state index contributed by atoms with van der Waals surface area (Å²) in [6.45, 7) is 3.47. The maximum atomic E-state index is 14.6. The summed E-state index contributed by atoms with van der Waals surface area (Å²) in [5.41, 5.74) is 4.02. The van der Waals surface area contributed by atoms with E-state index in [0.717, 1.165) is 74.1 Å². The van der Waals surface area contributed by atoms with Gasteiger partial charge in [0.25, 0.3) is 0 Å². The quantitative estimate of drug-likeness (QED) is 0.313. The number of ketones is 1. The molecule has 0 aromatic carbocycles. The molecule has 3 atom stereocenters. The number of ether oxygens (including phenoxy) is 1. The average molecular weight is 576 g/mol. The molecule has 41 heavy (non-hydrogen) atoms. The number of pyridine rings is 1. The van der Waals surface area contributed by atoms with Gasteiger partial charge in [0.1, 0.15) is 12.0 Å². The van der Waals surface area contributed by atoms with E-state index in [4.69, 9.17) is 9.84 Å². The molecular formula is C30H37N7O3S. The Morgan fingerprint density at radius 2 is 1.98 bits per heavy atom. The number of carbonyl (C=O) groups is 1. The first-order chi connectivity index (χ1) is 19.8. The van der Waals surface area contributed by atoms with Crippen LogP contribution in [0.4, 0.5) is 0 Å². The van der Waals surface area contributed by atoms with Crippen LogP contribution in [0.2, 0.25) is 0 Å². The van der Waals surface area contributed by atoms with E-state index < -0.39 is 15.1 Å². The van der Waals surface area contributed by atoms with Gasteiger partial charge in [-0.2, -0.15) is 5.10 Å². The summed E-state index contributed by atoms with van der Waals surface area (Å²) in [6.07, 6.45) is 13.9. The van der Waals surface area contributed by atoms with Gasteiger partial charge in [0.2, 0.25) is 5.16 Å². The zero-order valence-corrected chi connectivity index (χ0v) is 24.6. The van der Waals surface area contributed by atoms with Gasteiger partial charge in [-0.15, -0.1) is 5.10 Å². The highest BCUT2D eigenvalue weighted by atomic mass is 32.2. The van der Waals surface area contributed by atoms with Crippen molar-refractivity contribution in [1.82, 2.24) is 33.8 Å². The molecule has 7 rings (SSSR count). The van der Waals surface area contributed by atoms with E-state index in [2.05, 4.69) is 36.0 Å². The second kappa shape index (κ2) is 9.99. The molecule has 216 valence electrons. The molecule has 0 spiro atoms. The van der Waals surface area contributed by atoms with E-state index in [1.165, 1.54) is 0 Å². The number of fused-ring (bicyclic) bond motifs is 2. The summed E-state index contributed by atoms with van der Waals surface area (Å²) in [6, 6.07) is 4.15. The monoisotopic (exact) mass is 575 g/mol. The third-order valence-corrected chi connectivity index (χ3v) is 11.3. The number of hydrogen-bond donors (Lipinski definition) is 0. The molecule has 0 bridgehead atoms. The first kappa shape index (κ1) is 26.7. The fourth-order valence-electron chi connectivity index (χ4n) is 7.12. The Bertz CT molecular complexity index is 1630. The Balaban J connectivity index is 1.30. The Labute approximate surface area is 241 Å². The number of aromatic nitrogens is 6. The number of Topliss-reactive ketones (excluding diaryl/α,β-unsaturated/α-hetero) is 1. The lowest BCUT2D eigenvalue weighted by Gasteiger charge is -2.47. The predicted octanol–water partition coefficient (Wildman–Crippen LogP) is 3.58. The first-order valence-corrected chi connectivity index (χ1v) is 16.3. The number of hydrogen-bond acceptors (Lipinski definition) is 7. The zero-order chi connectivity index (χ0) is 28.4. The highest BCUT2D eigenvalue weighted by Crippen LogP contribution is 2.52. The molecule has 3 fully saturated rings. The summed E-state index contributed by atoms with van der Waals surface area (Å²) in [7, 11) is -1.16. The van der Waals surface area contributed by atoms with Crippen molar-refractivity contribution in [3.05, 3.63) is 58.9 Å². The summed E-state index contributed by atoms with van der Waals surface area (Å²) in [4.78, 5) is 23.5. The van der Waals surface area contributed by atoms with Gasteiger partial charge in [0.05, 0.1) is 33.1 Å². The molecule has 2 saturated carbocycles. The summed E-state index contributed by atoms with van der Waals surface area (Å²) < 4.78 is 25.7. The fourth-order valence-corrected chi connectivity index (χ4v) is 9.13. The van der Waals surface area contributed by atoms with Crippen LogP contribution in [0.15, 0.2) is 41.6 Å². The highest BCUT2D eigenvalue weighted by molar-refractivity contribution is 7.98. The van der Waals surface area contributed by atoms with Crippen LogP contribution in [0.3, 0.4) is 0 Å². The van der Waals surface area contributed by atoms with Crippen LogP contribution >= 0.6 is 0 Å². The molecule has 0 radical (unpaired) electrons. The average Bonchev–Trinajstić information content (AvgIpc) is 3.54. The number of nitrogens with zero attached hydrogens (tertiary/aromatic N) is 7. The van der Waals surface area contributed by atoms with Crippen LogP contribution in [0.1, 0.15) is 78.3 Å². The Morgan fingerprint density at radius 3 is 2.68 bits per heavy atom. The second-order valence-electron chi connectivity index (χ2n) is 12.1. The Hall–Kier alpha value is -3.15. The summed E-state index contributed by atoms with van der Waals surface area (Å²) >= 11 is 0. The van der Waals surface area contributed by atoms with Crippen LogP contribution in [0.5, 0.6) is 0 Å². The van der Waals surface area contributed by atoms with Crippen molar-refractivity contribution in [1.29, 1.82) is 0 Å². The highest BCUT2D eigenvalue weighted by Gasteiger charge is 2.53. The molecule has 3 aliphatic carbocycles. The Kier molecular flexibility index (Phi) is 6.51. The van der Waals surface area contributed by atoms with Crippen molar-refractivity contribution >= 4 is 27.4 Å². The lowest BCUT2D eigenvalue weighted by molar-refractivity contribution is 0.0658. The van der Waals surface area contributed by atoms with Gasteiger partial charge in [-0.1, -0.05) is 5.57 Å². The maximum Gasteiger partial charge on any atom is 0.244 e. The predicted molar refractivity (Wildman–Crippen MR) is 156 cm³/mol. The van der Waals surface area contributed by atoms with Crippen molar-refractivity contribution in [2.45, 2.75) is 81.6 Å². The molecule has 0 N–H and O–H groups in total. The van der Waals surface area contributed by atoms with E-state index in [1.54, 1.807) is 24.3 Å². The van der Waals surface area contributed by atoms with Crippen molar-refractivity contribution in [2.75, 3.05) is 13.2 Å². The lowest BCUT2D eigenvalue weighted by atomic mass is 9.60. The van der Waals surface area contributed by atoms with Gasteiger partial charge in [0.15, 0.2) is 5.78 Å². The minimum absolute atomic E-state index is 0.0314. The summed E-state index contributed by atoms with van der Waals surface area (Å²) in [5, 5.41) is 9.49. The van der Waals surface area contributed by atoms with Crippen molar-refractivity contribution in [2.24, 2.45) is 12.5 Å². The van der Waals surface area contributed by atoms with E-state index in [0.29, 0.717) is 24.6 Å². The van der Waals surface area contributed by atoms with Gasteiger partial charge < -0.3 is 4.74 Å². The molecule has 11 heteroatoms. The zero-order valence-electron chi connectivity index (χ0n) is 23.7. The van der Waals surface area contributed by atoms with Gasteiger partial charge in [0, 0.05) is 38.5 Å². The van der Waals surface area contributed by atoms with Crippen molar-refractivity contribution in [3.8, 4) is 0 Å². The van der Waals surface area contributed by atoms with E-state index in [-0.39, 0.29) is 23.0 Å². The topological polar surface area (TPSA) is 108 Å². The van der Waals surface area contributed by atoms with Gasteiger partial charge in [-0.25, -0.2) is 13.5 Å². The summed E-state index contributed by atoms with van der Waals surface area (Å²) in [5.74, 6) is 4.23. The van der Waals surface area contributed by atoms with Crippen LogP contribution in [0.25, 0.3) is 6.08 Å². The lowest BCUT2D eigenvalue weighted by Crippen LogP contribution is -2.51. The molecule has 10 nitrogen and oxygen atoms in total. The van der Waals surface area contributed by atoms with Crippen LogP contribution < -0.4 is 0 Å². The van der Waals surface area contributed by atoms with Gasteiger partial charge in [-0.05, 0) is 93.5 Å². The third kappa shape index (κ3) is 4.58. The molecule has 0 amide bonds. The molecule has 3 aromatic rings. The fraction of sp³-hybridized carbons (Fsp3) is 0.533. The van der Waals surface area contributed by atoms with Crippen LogP contribution in [-0.4, -0.2) is 75.0 Å². The number of carbonyl (C=O) groups excluding carboxylic acids is 1. The molecule has 4 aliphatic rings. The molecule has 3 aromatic heterocycles. The maximum absolute atomic E-state index is 14.6. The largest absolute Gasteiger partial charge is 0.381 e. The number of allylic oxidation sites excluding steroid dienone is 1. The van der Waals surface area contributed by atoms with Crippen LogP contribution in [-0.2, 0) is 27.9 Å². The molecular weight excluding hydrogens is 538 g/mol. The first-order valence-electron chi connectivity index (χ1n) is 14.6. The number of aryl methyl sites for hydroxylation is 2. The second-order valence-corrected chi connectivity index (χ2v) is 14.2. The third-order valence-electron chi connectivity index (χ3n) is 9.25. The van der Waals surface area contributed by atoms with Gasteiger partial charge in [-0.3, -0.25) is 19.1 Å². The smallest absolute Gasteiger partial charge is 0.244 e. The molecule has 1 saturated heterocycles. The molecule has 1 aliphatic heterocycles. The van der Waals surface area contributed by atoms with E-state index in [1.807, 2.05) is 25.3 Å². The molecule has 1 unspecified atom stereocenters. The normalized spacial score (nSPS) is 26.2. The Morgan fingerprint density at radius 1 is 1.17 bits per heavy atom. The van der Waals surface area contributed by atoms with Crippen molar-refractivity contribution in [3.63, 3.8) is 0 Å². The number of rotatable bonds is 7. The van der Waals surface area contributed by atoms with E-state index in [9.17, 15) is 9.00 Å². The minimum atomic E-state index is -2.93. The minimum Gasteiger partial charge on any atom is -0.381 e. The van der Waals surface area contributed by atoms with Gasteiger partial charge >= 0.3 is 0 Å².